The molecule has 0 aliphatic carbocycles. The lowest BCUT2D eigenvalue weighted by molar-refractivity contribution is -0.120. The lowest BCUT2D eigenvalue weighted by Gasteiger charge is -2.09. The van der Waals surface area contributed by atoms with E-state index in [1.165, 1.54) is 10.5 Å². The zero-order valence-electron chi connectivity index (χ0n) is 9.62. The number of halogens is 1. The van der Waals surface area contributed by atoms with Crippen molar-refractivity contribution >= 4 is 33.6 Å². The van der Waals surface area contributed by atoms with Crippen molar-refractivity contribution in [2.24, 2.45) is 0 Å². The number of rotatable bonds is 5. The molecule has 1 aliphatic rings. The molecule has 0 fully saturated rings. The van der Waals surface area contributed by atoms with Crippen LogP contribution in [0.2, 0.25) is 0 Å². The van der Waals surface area contributed by atoms with Crippen LogP contribution in [0, 0.1) is 0 Å². The fourth-order valence-corrected chi connectivity index (χ4v) is 3.49. The van der Waals surface area contributed by atoms with Crippen LogP contribution in [-0.2, 0) is 11.2 Å². The summed E-state index contributed by atoms with van der Waals surface area (Å²) >= 11 is 5.07. The number of fused-ring (bicyclic) bond motifs is 1. The number of benzene rings is 1. The molecule has 0 spiro atoms. The summed E-state index contributed by atoms with van der Waals surface area (Å²) in [6.07, 6.45) is 3.02. The maximum atomic E-state index is 11.9. The maximum Gasteiger partial charge on any atom is 0.233 e. The van der Waals surface area contributed by atoms with Crippen molar-refractivity contribution in [3.05, 3.63) is 29.8 Å². The van der Waals surface area contributed by atoms with Crippen molar-refractivity contribution in [1.29, 1.82) is 0 Å². The summed E-state index contributed by atoms with van der Waals surface area (Å²) in [6, 6.07) is 8.27. The third kappa shape index (κ3) is 3.49. The van der Waals surface area contributed by atoms with E-state index in [2.05, 4.69) is 33.4 Å². The Bertz CT molecular complexity index is 372. The molecule has 0 aromatic heterocycles. The quantitative estimate of drug-likeness (QED) is 0.669. The van der Waals surface area contributed by atoms with Gasteiger partial charge in [0.2, 0.25) is 5.91 Å². The largest absolute Gasteiger partial charge is 0.355 e. The number of nitrogens with one attached hydrogen (secondary N) is 1. The Kier molecular flexibility index (Phi) is 4.92. The Morgan fingerprint density at radius 3 is 3.00 bits per heavy atom. The average Bonchev–Trinajstić information content (AvgIpc) is 2.78. The minimum absolute atomic E-state index is 0.0661. The van der Waals surface area contributed by atoms with Crippen molar-refractivity contribution in [2.75, 3.05) is 11.9 Å². The average molecular weight is 314 g/mol. The predicted molar refractivity (Wildman–Crippen MR) is 75.8 cm³/mol. The molecule has 1 atom stereocenters. The summed E-state index contributed by atoms with van der Waals surface area (Å²) in [7, 11) is 0. The first-order valence-electron chi connectivity index (χ1n) is 5.89. The minimum atomic E-state index is 0.0661. The van der Waals surface area contributed by atoms with Gasteiger partial charge in [-0.05, 0) is 30.9 Å². The number of hydrogen-bond acceptors (Lipinski definition) is 2. The van der Waals surface area contributed by atoms with Crippen molar-refractivity contribution in [1.82, 2.24) is 5.32 Å². The van der Waals surface area contributed by atoms with Gasteiger partial charge < -0.3 is 5.32 Å². The van der Waals surface area contributed by atoms with Gasteiger partial charge in [-0.3, -0.25) is 4.79 Å². The van der Waals surface area contributed by atoms with Crippen LogP contribution in [0.15, 0.2) is 29.2 Å². The van der Waals surface area contributed by atoms with Crippen molar-refractivity contribution in [2.45, 2.75) is 29.4 Å². The first-order valence-corrected chi connectivity index (χ1v) is 7.89. The van der Waals surface area contributed by atoms with Crippen molar-refractivity contribution in [3.63, 3.8) is 0 Å². The van der Waals surface area contributed by atoms with E-state index in [0.717, 1.165) is 31.1 Å². The number of carbonyl (C=O) groups excluding carboxylic acids is 1. The summed E-state index contributed by atoms with van der Waals surface area (Å²) < 4.78 is 0. The third-order valence-electron chi connectivity index (χ3n) is 2.80. The van der Waals surface area contributed by atoms with Gasteiger partial charge in [-0.1, -0.05) is 34.1 Å². The molecule has 1 aromatic carbocycles. The fraction of sp³-hybridized carbons (Fsp3) is 0.462. The van der Waals surface area contributed by atoms with E-state index in [9.17, 15) is 4.79 Å². The summed E-state index contributed by atoms with van der Waals surface area (Å²) in [6.45, 7) is 0.790. The highest BCUT2D eigenvalue weighted by Crippen LogP contribution is 2.36. The Balaban J connectivity index is 1.80. The number of hydrogen-bond donors (Lipinski definition) is 1. The van der Waals surface area contributed by atoms with Crippen LogP contribution in [-0.4, -0.2) is 23.0 Å². The molecule has 1 aliphatic heterocycles. The van der Waals surface area contributed by atoms with Gasteiger partial charge in [0.1, 0.15) is 0 Å². The zero-order chi connectivity index (χ0) is 12.1. The molecule has 1 N–H and O–H groups in total. The van der Waals surface area contributed by atoms with E-state index in [4.69, 9.17) is 0 Å². The molecule has 0 bridgehead atoms. The molecule has 0 radical (unpaired) electrons. The van der Waals surface area contributed by atoms with E-state index in [0.29, 0.717) is 0 Å². The first-order chi connectivity index (χ1) is 8.31. The van der Waals surface area contributed by atoms with E-state index in [1.54, 1.807) is 11.8 Å². The van der Waals surface area contributed by atoms with Gasteiger partial charge in [0.25, 0.3) is 0 Å². The maximum absolute atomic E-state index is 11.9. The van der Waals surface area contributed by atoms with Crippen LogP contribution in [0.25, 0.3) is 0 Å². The molecule has 0 saturated carbocycles. The molecule has 4 heteroatoms. The van der Waals surface area contributed by atoms with Gasteiger partial charge in [-0.2, -0.15) is 0 Å². The van der Waals surface area contributed by atoms with Crippen LogP contribution < -0.4 is 5.32 Å². The lowest BCUT2D eigenvalue weighted by Crippen LogP contribution is -2.33. The number of alkyl halides is 1. The lowest BCUT2D eigenvalue weighted by atomic mass is 10.1. The highest BCUT2D eigenvalue weighted by molar-refractivity contribution is 9.09. The Morgan fingerprint density at radius 1 is 1.41 bits per heavy atom. The van der Waals surface area contributed by atoms with Gasteiger partial charge in [-0.15, -0.1) is 11.8 Å². The fourth-order valence-electron chi connectivity index (χ4n) is 1.87. The minimum Gasteiger partial charge on any atom is -0.355 e. The highest BCUT2D eigenvalue weighted by atomic mass is 79.9. The Morgan fingerprint density at radius 2 is 2.24 bits per heavy atom. The van der Waals surface area contributed by atoms with Crippen LogP contribution in [0.4, 0.5) is 0 Å². The summed E-state index contributed by atoms with van der Waals surface area (Å²) in [5.41, 5.74) is 1.30. The van der Waals surface area contributed by atoms with E-state index in [-0.39, 0.29) is 11.2 Å². The Hall–Kier alpha value is -0.480. The second-order valence-corrected chi connectivity index (χ2v) is 6.14. The molecule has 2 nitrogen and oxygen atoms in total. The second-order valence-electron chi connectivity index (χ2n) is 4.11. The van der Waals surface area contributed by atoms with Crippen molar-refractivity contribution in [3.8, 4) is 0 Å². The topological polar surface area (TPSA) is 29.1 Å². The molecule has 1 unspecified atom stereocenters. The SMILES string of the molecule is O=C(NCCCCBr)C1Cc2ccccc2S1. The molecule has 92 valence electrons. The smallest absolute Gasteiger partial charge is 0.233 e. The van der Waals surface area contributed by atoms with Gasteiger partial charge in [0.05, 0.1) is 5.25 Å². The van der Waals surface area contributed by atoms with Gasteiger partial charge in [-0.25, -0.2) is 0 Å². The molecular formula is C13H16BrNOS. The molecule has 1 amide bonds. The molecular weight excluding hydrogens is 298 g/mol. The standard InChI is InChI=1S/C13H16BrNOS/c14-7-3-4-8-15-13(16)12-9-10-5-1-2-6-11(10)17-12/h1-2,5-6,12H,3-4,7-9H2,(H,15,16). The number of amides is 1. The normalized spacial score (nSPS) is 17.8. The summed E-state index contributed by atoms with van der Waals surface area (Å²) in [5.74, 6) is 0.181. The summed E-state index contributed by atoms with van der Waals surface area (Å²) in [4.78, 5) is 13.2. The molecule has 0 saturated heterocycles. The van der Waals surface area contributed by atoms with Crippen molar-refractivity contribution < 1.29 is 4.79 Å². The van der Waals surface area contributed by atoms with Gasteiger partial charge >= 0.3 is 0 Å². The Labute approximate surface area is 115 Å². The predicted octanol–water partition coefficient (Wildman–Crippen LogP) is 2.99. The monoisotopic (exact) mass is 313 g/mol. The van der Waals surface area contributed by atoms with Crippen LogP contribution in [0.5, 0.6) is 0 Å². The molecule has 1 heterocycles. The van der Waals surface area contributed by atoms with Gasteiger partial charge in [0, 0.05) is 16.8 Å². The molecule has 2 rings (SSSR count). The third-order valence-corrected chi connectivity index (χ3v) is 4.68. The van der Waals surface area contributed by atoms with Crippen LogP contribution in [0.3, 0.4) is 0 Å². The van der Waals surface area contributed by atoms with E-state index < -0.39 is 0 Å². The van der Waals surface area contributed by atoms with E-state index in [1.807, 2.05) is 12.1 Å². The highest BCUT2D eigenvalue weighted by Gasteiger charge is 2.27. The van der Waals surface area contributed by atoms with Crippen LogP contribution in [0.1, 0.15) is 18.4 Å². The first kappa shape index (κ1) is 13.0. The zero-order valence-corrected chi connectivity index (χ0v) is 12.0. The van der Waals surface area contributed by atoms with Crippen LogP contribution >= 0.6 is 27.7 Å². The van der Waals surface area contributed by atoms with Gasteiger partial charge in [0.15, 0.2) is 0 Å². The van der Waals surface area contributed by atoms with E-state index >= 15 is 0 Å². The second kappa shape index (κ2) is 6.45. The number of thioether (sulfide) groups is 1. The summed E-state index contributed by atoms with van der Waals surface area (Å²) in [5, 5.41) is 4.09. The number of unbranched alkanes of at least 4 members (excludes halogenated alkanes) is 1. The number of carbonyl (C=O) groups is 1. The molecule has 17 heavy (non-hydrogen) atoms. The molecule has 1 aromatic rings.